The number of nitrogens with two attached hydrogens (primary N) is 1. The first-order valence-electron chi connectivity index (χ1n) is 5.89. The van der Waals surface area contributed by atoms with Gasteiger partial charge in [-0.3, -0.25) is 4.90 Å². The Balaban J connectivity index is 2.42. The van der Waals surface area contributed by atoms with Crippen molar-refractivity contribution < 1.29 is 0 Å². The normalized spacial score (nSPS) is 18.2. The molecule has 1 fully saturated rings. The SMILES string of the molecule is CC(C)CN(CC(C)(C)CN)C1CC1. The largest absolute Gasteiger partial charge is 0.330 e. The molecule has 0 spiro atoms. The van der Waals surface area contributed by atoms with Crippen molar-refractivity contribution in [3.63, 3.8) is 0 Å². The van der Waals surface area contributed by atoms with Crippen LogP contribution in [0.1, 0.15) is 40.5 Å². The van der Waals surface area contributed by atoms with Crippen LogP contribution in [0.5, 0.6) is 0 Å². The molecule has 1 aliphatic rings. The lowest BCUT2D eigenvalue weighted by Crippen LogP contribution is -2.41. The summed E-state index contributed by atoms with van der Waals surface area (Å²) in [6, 6.07) is 0.864. The quantitative estimate of drug-likeness (QED) is 0.708. The summed E-state index contributed by atoms with van der Waals surface area (Å²) in [6.45, 7) is 12.3. The lowest BCUT2D eigenvalue weighted by molar-refractivity contribution is 0.159. The van der Waals surface area contributed by atoms with Gasteiger partial charge in [-0.25, -0.2) is 0 Å². The van der Waals surface area contributed by atoms with Gasteiger partial charge in [0.1, 0.15) is 0 Å². The molecule has 0 aromatic carbocycles. The van der Waals surface area contributed by atoms with Gasteiger partial charge >= 0.3 is 0 Å². The molecule has 0 bridgehead atoms. The molecule has 0 aromatic rings. The molecule has 0 unspecified atom stereocenters. The van der Waals surface area contributed by atoms with Crippen LogP contribution in [-0.2, 0) is 0 Å². The Kier molecular flexibility index (Phi) is 3.96. The minimum Gasteiger partial charge on any atom is -0.330 e. The summed E-state index contributed by atoms with van der Waals surface area (Å²) in [7, 11) is 0. The molecule has 0 aliphatic heterocycles. The maximum atomic E-state index is 5.78. The molecule has 0 heterocycles. The average Bonchev–Trinajstić information content (AvgIpc) is 2.84. The van der Waals surface area contributed by atoms with Gasteiger partial charge in [0.25, 0.3) is 0 Å². The van der Waals surface area contributed by atoms with Crippen LogP contribution in [0.25, 0.3) is 0 Å². The maximum Gasteiger partial charge on any atom is 0.00967 e. The maximum absolute atomic E-state index is 5.78. The van der Waals surface area contributed by atoms with Crippen molar-refractivity contribution in [2.24, 2.45) is 17.1 Å². The van der Waals surface area contributed by atoms with Crippen molar-refractivity contribution in [3.8, 4) is 0 Å². The van der Waals surface area contributed by atoms with Crippen LogP contribution in [0.4, 0.5) is 0 Å². The van der Waals surface area contributed by atoms with E-state index in [1.54, 1.807) is 0 Å². The van der Waals surface area contributed by atoms with E-state index in [2.05, 4.69) is 32.6 Å². The molecule has 1 aliphatic carbocycles. The number of nitrogens with zero attached hydrogens (tertiary/aromatic N) is 1. The molecule has 0 saturated heterocycles. The minimum atomic E-state index is 0.275. The van der Waals surface area contributed by atoms with Gasteiger partial charge in [0, 0.05) is 19.1 Å². The summed E-state index contributed by atoms with van der Waals surface area (Å²) in [4.78, 5) is 2.64. The predicted octanol–water partition coefficient (Wildman–Crippen LogP) is 2.09. The van der Waals surface area contributed by atoms with Gasteiger partial charge in [-0.15, -0.1) is 0 Å². The Morgan fingerprint density at radius 1 is 1.36 bits per heavy atom. The van der Waals surface area contributed by atoms with Crippen molar-refractivity contribution >= 4 is 0 Å². The van der Waals surface area contributed by atoms with E-state index in [0.29, 0.717) is 0 Å². The Morgan fingerprint density at radius 3 is 2.29 bits per heavy atom. The highest BCUT2D eigenvalue weighted by Gasteiger charge is 2.32. The standard InChI is InChI=1S/C12H26N2/c1-10(2)7-14(11-5-6-11)9-12(3,4)8-13/h10-11H,5-9,13H2,1-4H3. The third-order valence-electron chi connectivity index (χ3n) is 2.85. The zero-order valence-electron chi connectivity index (χ0n) is 10.2. The molecule has 14 heavy (non-hydrogen) atoms. The first kappa shape index (κ1) is 12.0. The lowest BCUT2D eigenvalue weighted by atomic mass is 9.92. The monoisotopic (exact) mass is 198 g/mol. The molecule has 0 radical (unpaired) electrons. The van der Waals surface area contributed by atoms with Crippen LogP contribution in [0.2, 0.25) is 0 Å². The third kappa shape index (κ3) is 3.97. The lowest BCUT2D eigenvalue weighted by Gasteiger charge is -2.33. The van der Waals surface area contributed by atoms with Gasteiger partial charge in [-0.1, -0.05) is 27.7 Å². The van der Waals surface area contributed by atoms with Crippen molar-refractivity contribution in [3.05, 3.63) is 0 Å². The van der Waals surface area contributed by atoms with E-state index in [1.165, 1.54) is 19.4 Å². The van der Waals surface area contributed by atoms with E-state index in [4.69, 9.17) is 5.73 Å². The molecule has 0 atom stereocenters. The topological polar surface area (TPSA) is 29.3 Å². The number of hydrogen-bond donors (Lipinski definition) is 1. The van der Waals surface area contributed by atoms with Gasteiger partial charge < -0.3 is 5.73 Å². The van der Waals surface area contributed by atoms with Crippen LogP contribution in [0, 0.1) is 11.3 Å². The fraction of sp³-hybridized carbons (Fsp3) is 1.00. The zero-order chi connectivity index (χ0) is 10.8. The van der Waals surface area contributed by atoms with Crippen LogP contribution in [0.3, 0.4) is 0 Å². The second-order valence-electron chi connectivity index (χ2n) is 5.92. The van der Waals surface area contributed by atoms with E-state index in [-0.39, 0.29) is 5.41 Å². The van der Waals surface area contributed by atoms with E-state index >= 15 is 0 Å². The fourth-order valence-electron chi connectivity index (χ4n) is 1.87. The smallest absolute Gasteiger partial charge is 0.00967 e. The molecular weight excluding hydrogens is 172 g/mol. The predicted molar refractivity (Wildman–Crippen MR) is 62.3 cm³/mol. The average molecular weight is 198 g/mol. The van der Waals surface area contributed by atoms with Crippen molar-refractivity contribution in [1.82, 2.24) is 4.90 Å². The Bertz CT molecular complexity index is 171. The number of hydrogen-bond acceptors (Lipinski definition) is 2. The molecule has 0 aromatic heterocycles. The summed E-state index contributed by atoms with van der Waals surface area (Å²) in [5.41, 5.74) is 6.05. The highest BCUT2D eigenvalue weighted by molar-refractivity contribution is 4.88. The van der Waals surface area contributed by atoms with Gasteiger partial charge in [-0.05, 0) is 30.7 Å². The third-order valence-corrected chi connectivity index (χ3v) is 2.85. The van der Waals surface area contributed by atoms with Crippen LogP contribution >= 0.6 is 0 Å². The van der Waals surface area contributed by atoms with E-state index in [1.807, 2.05) is 0 Å². The van der Waals surface area contributed by atoms with Crippen molar-refractivity contribution in [2.45, 2.75) is 46.6 Å². The van der Waals surface area contributed by atoms with Crippen LogP contribution in [-0.4, -0.2) is 30.6 Å². The van der Waals surface area contributed by atoms with Crippen molar-refractivity contribution in [2.75, 3.05) is 19.6 Å². The van der Waals surface area contributed by atoms with Crippen LogP contribution < -0.4 is 5.73 Å². The Labute approximate surface area is 88.8 Å². The van der Waals surface area contributed by atoms with Crippen molar-refractivity contribution in [1.29, 1.82) is 0 Å². The van der Waals surface area contributed by atoms with Gasteiger partial charge in [0.05, 0.1) is 0 Å². The van der Waals surface area contributed by atoms with Gasteiger partial charge in [-0.2, -0.15) is 0 Å². The Morgan fingerprint density at radius 2 is 1.93 bits per heavy atom. The summed E-state index contributed by atoms with van der Waals surface area (Å²) in [5, 5.41) is 0. The molecule has 2 nitrogen and oxygen atoms in total. The Hall–Kier alpha value is -0.0800. The van der Waals surface area contributed by atoms with Gasteiger partial charge in [0.2, 0.25) is 0 Å². The summed E-state index contributed by atoms with van der Waals surface area (Å²) < 4.78 is 0. The van der Waals surface area contributed by atoms with E-state index in [9.17, 15) is 0 Å². The second kappa shape index (κ2) is 4.63. The minimum absolute atomic E-state index is 0.275. The molecular formula is C12H26N2. The molecule has 0 amide bonds. The van der Waals surface area contributed by atoms with Gasteiger partial charge in [0.15, 0.2) is 0 Å². The highest BCUT2D eigenvalue weighted by atomic mass is 15.2. The zero-order valence-corrected chi connectivity index (χ0v) is 10.2. The first-order chi connectivity index (χ1) is 6.44. The van der Waals surface area contributed by atoms with E-state index in [0.717, 1.165) is 25.0 Å². The molecule has 84 valence electrons. The second-order valence-corrected chi connectivity index (χ2v) is 5.92. The highest BCUT2D eigenvalue weighted by Crippen LogP contribution is 2.30. The summed E-state index contributed by atoms with van der Waals surface area (Å²) >= 11 is 0. The molecule has 1 rings (SSSR count). The molecule has 2 heteroatoms. The summed E-state index contributed by atoms with van der Waals surface area (Å²) in [5.74, 6) is 0.768. The summed E-state index contributed by atoms with van der Waals surface area (Å²) in [6.07, 6.45) is 2.79. The fourth-order valence-corrected chi connectivity index (χ4v) is 1.87. The first-order valence-corrected chi connectivity index (χ1v) is 5.89. The number of rotatable bonds is 6. The van der Waals surface area contributed by atoms with Crippen LogP contribution in [0.15, 0.2) is 0 Å². The van der Waals surface area contributed by atoms with E-state index < -0.39 is 0 Å². The molecule has 1 saturated carbocycles. The molecule has 2 N–H and O–H groups in total.